The van der Waals surface area contributed by atoms with Gasteiger partial charge in [0.25, 0.3) is 11.1 Å². The van der Waals surface area contributed by atoms with Gasteiger partial charge >= 0.3 is 0 Å². The number of hydrogen-bond acceptors (Lipinski definition) is 5. The fraction of sp³-hybridized carbons (Fsp3) is 0.267. The Morgan fingerprint density at radius 2 is 1.53 bits per heavy atom. The summed E-state index contributed by atoms with van der Waals surface area (Å²) in [7, 11) is 0. The second-order valence-electron chi connectivity index (χ2n) is 9.70. The van der Waals surface area contributed by atoms with Crippen molar-refractivity contribution in [3.05, 3.63) is 100.0 Å². The minimum Gasteiger partial charge on any atom is -0.490 e. The average Bonchev–Trinajstić information content (AvgIpc) is 3.11. The van der Waals surface area contributed by atoms with E-state index < -0.39 is 0 Å². The highest BCUT2D eigenvalue weighted by atomic mass is 32.2. The summed E-state index contributed by atoms with van der Waals surface area (Å²) in [4.78, 5) is 27.3. The molecule has 1 aliphatic rings. The first kappa shape index (κ1) is 25.6. The monoisotopic (exact) mass is 501 g/mol. The Bertz CT molecular complexity index is 1270. The zero-order valence-corrected chi connectivity index (χ0v) is 21.9. The van der Waals surface area contributed by atoms with E-state index in [0.717, 1.165) is 34.2 Å². The van der Waals surface area contributed by atoms with Crippen molar-refractivity contribution in [2.75, 3.05) is 13.2 Å². The van der Waals surface area contributed by atoms with E-state index in [-0.39, 0.29) is 23.1 Å². The van der Waals surface area contributed by atoms with Gasteiger partial charge in [0.15, 0.2) is 0 Å². The minimum absolute atomic E-state index is 0.0982. The molecule has 1 heterocycles. The van der Waals surface area contributed by atoms with E-state index in [1.165, 1.54) is 10.5 Å². The molecule has 6 heteroatoms. The standard InChI is InChI=1S/C30H31NO4S/c1-21-9-5-6-11-23(21)20-31-28(32)27(36-29(31)33)19-22-10-7-8-12-26(22)35-18-17-34-25-15-13-24(14-16-25)30(2,3)4/h5-16,19H,17-18,20H2,1-4H3/b27-19-. The third kappa shape index (κ3) is 6.18. The summed E-state index contributed by atoms with van der Waals surface area (Å²) in [5, 5.41) is -0.265. The number of aryl methyl sites for hydroxylation is 1. The molecule has 2 amide bonds. The number of imide groups is 1. The molecule has 0 atom stereocenters. The van der Waals surface area contributed by atoms with Crippen molar-refractivity contribution in [1.82, 2.24) is 4.90 Å². The van der Waals surface area contributed by atoms with E-state index in [2.05, 4.69) is 32.9 Å². The van der Waals surface area contributed by atoms with E-state index in [1.54, 1.807) is 6.08 Å². The molecule has 0 aliphatic carbocycles. The molecule has 186 valence electrons. The van der Waals surface area contributed by atoms with Crippen molar-refractivity contribution in [2.45, 2.75) is 39.7 Å². The normalized spacial score (nSPS) is 15.0. The van der Waals surface area contributed by atoms with Gasteiger partial charge in [-0.15, -0.1) is 0 Å². The Morgan fingerprint density at radius 1 is 0.861 bits per heavy atom. The van der Waals surface area contributed by atoms with Crippen molar-refractivity contribution in [3.8, 4) is 11.5 Å². The predicted molar refractivity (Wildman–Crippen MR) is 145 cm³/mol. The molecule has 4 rings (SSSR count). The van der Waals surface area contributed by atoms with Crippen LogP contribution < -0.4 is 9.47 Å². The van der Waals surface area contributed by atoms with Gasteiger partial charge in [-0.25, -0.2) is 0 Å². The van der Waals surface area contributed by atoms with Crippen molar-refractivity contribution in [3.63, 3.8) is 0 Å². The lowest BCUT2D eigenvalue weighted by Gasteiger charge is -2.19. The lowest BCUT2D eigenvalue weighted by molar-refractivity contribution is -0.123. The minimum atomic E-state index is -0.287. The second kappa shape index (κ2) is 11.0. The van der Waals surface area contributed by atoms with Gasteiger partial charge in [-0.1, -0.05) is 75.4 Å². The molecule has 1 saturated heterocycles. The molecule has 5 nitrogen and oxygen atoms in total. The van der Waals surface area contributed by atoms with Crippen molar-refractivity contribution in [2.24, 2.45) is 0 Å². The first-order chi connectivity index (χ1) is 17.2. The topological polar surface area (TPSA) is 55.8 Å². The summed E-state index contributed by atoms with van der Waals surface area (Å²) in [6.07, 6.45) is 1.73. The molecule has 0 aromatic heterocycles. The van der Waals surface area contributed by atoms with Crippen LogP contribution in [0.4, 0.5) is 4.79 Å². The Balaban J connectivity index is 1.38. The van der Waals surface area contributed by atoms with Crippen LogP contribution in [0.2, 0.25) is 0 Å². The van der Waals surface area contributed by atoms with Gasteiger partial charge in [0, 0.05) is 5.56 Å². The molecule has 3 aromatic rings. The molecule has 0 saturated carbocycles. The summed E-state index contributed by atoms with van der Waals surface area (Å²) in [6.45, 7) is 9.51. The predicted octanol–water partition coefficient (Wildman–Crippen LogP) is 6.99. The number of benzene rings is 3. The van der Waals surface area contributed by atoms with Crippen LogP contribution in [0.5, 0.6) is 11.5 Å². The van der Waals surface area contributed by atoms with Crippen molar-refractivity contribution < 1.29 is 19.1 Å². The molecule has 0 bridgehead atoms. The molecule has 0 N–H and O–H groups in total. The highest BCUT2D eigenvalue weighted by molar-refractivity contribution is 8.18. The summed E-state index contributed by atoms with van der Waals surface area (Å²) in [5.41, 5.74) is 4.10. The molecule has 1 aliphatic heterocycles. The maximum atomic E-state index is 13.0. The molecule has 0 radical (unpaired) electrons. The van der Waals surface area contributed by atoms with Crippen LogP contribution in [0, 0.1) is 6.92 Å². The fourth-order valence-electron chi connectivity index (χ4n) is 3.83. The third-order valence-electron chi connectivity index (χ3n) is 6.00. The zero-order valence-electron chi connectivity index (χ0n) is 21.1. The molecule has 36 heavy (non-hydrogen) atoms. The molecule has 1 fully saturated rings. The maximum absolute atomic E-state index is 13.0. The van der Waals surface area contributed by atoms with E-state index in [4.69, 9.17) is 9.47 Å². The van der Waals surface area contributed by atoms with Crippen LogP contribution in [-0.4, -0.2) is 29.3 Å². The van der Waals surface area contributed by atoms with E-state index in [1.807, 2.05) is 67.6 Å². The summed E-state index contributed by atoms with van der Waals surface area (Å²) in [5.74, 6) is 1.14. The number of ether oxygens (including phenoxy) is 2. The lowest BCUT2D eigenvalue weighted by Crippen LogP contribution is -2.27. The van der Waals surface area contributed by atoms with Crippen LogP contribution in [0.25, 0.3) is 6.08 Å². The number of amides is 2. The second-order valence-corrected chi connectivity index (χ2v) is 10.7. The van der Waals surface area contributed by atoms with Gasteiger partial charge in [0.05, 0.1) is 11.4 Å². The van der Waals surface area contributed by atoms with Gasteiger partial charge in [-0.2, -0.15) is 0 Å². The molecular weight excluding hydrogens is 470 g/mol. The summed E-state index contributed by atoms with van der Waals surface area (Å²) < 4.78 is 11.8. The van der Waals surface area contributed by atoms with E-state index >= 15 is 0 Å². The van der Waals surface area contributed by atoms with Crippen LogP contribution in [0.3, 0.4) is 0 Å². The van der Waals surface area contributed by atoms with E-state index in [9.17, 15) is 9.59 Å². The highest BCUT2D eigenvalue weighted by Gasteiger charge is 2.35. The Morgan fingerprint density at radius 3 is 2.25 bits per heavy atom. The lowest BCUT2D eigenvalue weighted by atomic mass is 9.87. The fourth-order valence-corrected chi connectivity index (χ4v) is 4.66. The SMILES string of the molecule is Cc1ccccc1CN1C(=O)S/C(=C\c2ccccc2OCCOc2ccc(C(C)(C)C)cc2)C1=O. The summed E-state index contributed by atoms with van der Waals surface area (Å²) >= 11 is 0.957. The number of nitrogens with zero attached hydrogens (tertiary/aromatic N) is 1. The number of carbonyl (C=O) groups is 2. The Kier molecular flexibility index (Phi) is 7.85. The van der Waals surface area contributed by atoms with Gasteiger partial charge < -0.3 is 9.47 Å². The molecule has 0 unspecified atom stereocenters. The van der Waals surface area contributed by atoms with Crippen LogP contribution in [0.15, 0.2) is 77.7 Å². The molecule has 3 aromatic carbocycles. The largest absolute Gasteiger partial charge is 0.490 e. The highest BCUT2D eigenvalue weighted by Crippen LogP contribution is 2.35. The third-order valence-corrected chi connectivity index (χ3v) is 6.91. The van der Waals surface area contributed by atoms with Crippen LogP contribution in [0.1, 0.15) is 43.0 Å². The van der Waals surface area contributed by atoms with Crippen LogP contribution >= 0.6 is 11.8 Å². The quantitative estimate of drug-likeness (QED) is 0.246. The number of hydrogen-bond donors (Lipinski definition) is 0. The number of carbonyl (C=O) groups excluding carboxylic acids is 2. The number of rotatable bonds is 8. The Hall–Kier alpha value is -3.51. The van der Waals surface area contributed by atoms with Gasteiger partial charge in [-0.05, 0) is 65.1 Å². The van der Waals surface area contributed by atoms with Gasteiger partial charge in [0.1, 0.15) is 24.7 Å². The maximum Gasteiger partial charge on any atom is 0.293 e. The smallest absolute Gasteiger partial charge is 0.293 e. The molecular formula is C30H31NO4S. The number of para-hydroxylation sites is 1. The Labute approximate surface area is 217 Å². The first-order valence-electron chi connectivity index (χ1n) is 12.0. The summed E-state index contributed by atoms with van der Waals surface area (Å²) in [6, 6.07) is 23.4. The van der Waals surface area contributed by atoms with Crippen molar-refractivity contribution in [1.29, 1.82) is 0 Å². The van der Waals surface area contributed by atoms with Crippen molar-refractivity contribution >= 4 is 29.0 Å². The van der Waals surface area contributed by atoms with E-state index in [0.29, 0.717) is 23.9 Å². The van der Waals surface area contributed by atoms with Gasteiger partial charge in [0.2, 0.25) is 0 Å². The van der Waals surface area contributed by atoms with Crippen LogP contribution in [-0.2, 0) is 16.8 Å². The number of thioether (sulfide) groups is 1. The molecule has 0 spiro atoms. The average molecular weight is 502 g/mol. The first-order valence-corrected chi connectivity index (χ1v) is 12.8. The van der Waals surface area contributed by atoms with Gasteiger partial charge in [-0.3, -0.25) is 14.5 Å². The zero-order chi connectivity index (χ0) is 25.7.